The van der Waals surface area contributed by atoms with Crippen LogP contribution in [0.15, 0.2) is 34.8 Å². The van der Waals surface area contributed by atoms with Gasteiger partial charge in [-0.3, -0.25) is 0 Å². The third kappa shape index (κ3) is 2.99. The number of hydrogen-bond donors (Lipinski definition) is 1. The second-order valence-corrected chi connectivity index (χ2v) is 6.13. The van der Waals surface area contributed by atoms with Gasteiger partial charge in [0.2, 0.25) is 0 Å². The summed E-state index contributed by atoms with van der Waals surface area (Å²) in [7, 11) is 1.71. The van der Waals surface area contributed by atoms with Crippen molar-refractivity contribution in [2.75, 3.05) is 7.11 Å². The highest BCUT2D eigenvalue weighted by molar-refractivity contribution is 9.10. The van der Waals surface area contributed by atoms with Gasteiger partial charge < -0.3 is 10.5 Å². The molecular weight excluding hydrogens is 326 g/mol. The van der Waals surface area contributed by atoms with Crippen molar-refractivity contribution in [3.63, 3.8) is 0 Å². The monoisotopic (exact) mass is 347 g/mol. The first-order chi connectivity index (χ1) is 10.0. The molecule has 2 N–H and O–H groups in total. The van der Waals surface area contributed by atoms with Gasteiger partial charge in [0.1, 0.15) is 5.75 Å². The number of methoxy groups -OCH3 is 1. The van der Waals surface area contributed by atoms with Crippen LogP contribution in [0.25, 0.3) is 0 Å². The number of hydrogen-bond acceptors (Lipinski definition) is 2. The first-order valence-electron chi connectivity index (χ1n) is 7.18. The van der Waals surface area contributed by atoms with Crippen LogP contribution in [0.5, 0.6) is 5.75 Å². The van der Waals surface area contributed by atoms with E-state index in [-0.39, 0.29) is 6.04 Å². The Balaban J connectivity index is 2.65. The zero-order chi connectivity index (χ0) is 15.6. The number of halogens is 1. The van der Waals surface area contributed by atoms with Crippen molar-refractivity contribution in [3.05, 3.63) is 62.6 Å². The van der Waals surface area contributed by atoms with Gasteiger partial charge >= 0.3 is 0 Å². The summed E-state index contributed by atoms with van der Waals surface area (Å²) in [5, 5.41) is 0. The van der Waals surface area contributed by atoms with E-state index in [1.165, 1.54) is 11.1 Å². The minimum atomic E-state index is -0.188. The summed E-state index contributed by atoms with van der Waals surface area (Å²) in [6.45, 7) is 6.28. The summed E-state index contributed by atoms with van der Waals surface area (Å²) in [5.74, 6) is 0.883. The van der Waals surface area contributed by atoms with E-state index >= 15 is 0 Å². The van der Waals surface area contributed by atoms with Crippen molar-refractivity contribution < 1.29 is 4.74 Å². The van der Waals surface area contributed by atoms with Crippen molar-refractivity contribution in [2.24, 2.45) is 5.73 Å². The van der Waals surface area contributed by atoms with Crippen LogP contribution >= 0.6 is 15.9 Å². The lowest BCUT2D eigenvalue weighted by atomic mass is 9.90. The van der Waals surface area contributed by atoms with E-state index < -0.39 is 0 Å². The van der Waals surface area contributed by atoms with Crippen LogP contribution in [-0.2, 0) is 6.42 Å². The van der Waals surface area contributed by atoms with Crippen molar-refractivity contribution in [2.45, 2.75) is 33.2 Å². The normalized spacial score (nSPS) is 12.3. The average Bonchev–Trinajstić information content (AvgIpc) is 2.49. The highest BCUT2D eigenvalue weighted by Crippen LogP contribution is 2.38. The number of aryl methyl sites for hydroxylation is 2. The molecule has 2 nitrogen and oxygen atoms in total. The first-order valence-corrected chi connectivity index (χ1v) is 7.97. The van der Waals surface area contributed by atoms with Crippen LogP contribution in [0.4, 0.5) is 0 Å². The lowest BCUT2D eigenvalue weighted by Gasteiger charge is -2.23. The Morgan fingerprint density at radius 1 is 1.24 bits per heavy atom. The molecule has 0 bridgehead atoms. The Kier molecular flexibility index (Phi) is 5.07. The van der Waals surface area contributed by atoms with Gasteiger partial charge in [-0.2, -0.15) is 0 Å². The van der Waals surface area contributed by atoms with Gasteiger partial charge in [-0.25, -0.2) is 0 Å². The van der Waals surface area contributed by atoms with Gasteiger partial charge in [0.05, 0.1) is 13.2 Å². The van der Waals surface area contributed by atoms with E-state index in [1.807, 2.05) is 13.0 Å². The first kappa shape index (κ1) is 16.1. The minimum absolute atomic E-state index is 0.188. The summed E-state index contributed by atoms with van der Waals surface area (Å²) >= 11 is 3.63. The molecule has 112 valence electrons. The van der Waals surface area contributed by atoms with Crippen LogP contribution in [-0.4, -0.2) is 7.11 Å². The molecule has 0 amide bonds. The summed E-state index contributed by atoms with van der Waals surface area (Å²) in [6, 6.07) is 10.2. The average molecular weight is 348 g/mol. The fraction of sp³-hybridized carbons (Fsp3) is 0.333. The molecule has 0 saturated heterocycles. The van der Waals surface area contributed by atoms with E-state index in [0.717, 1.165) is 33.3 Å². The quantitative estimate of drug-likeness (QED) is 0.870. The van der Waals surface area contributed by atoms with Crippen LogP contribution in [0.3, 0.4) is 0 Å². The zero-order valence-corrected chi connectivity index (χ0v) is 14.6. The number of nitrogens with two attached hydrogens (primary N) is 1. The Bertz CT molecular complexity index is 652. The Labute approximate surface area is 135 Å². The molecule has 0 aliphatic carbocycles. The molecule has 1 atom stereocenters. The third-order valence-electron chi connectivity index (χ3n) is 3.99. The Morgan fingerprint density at radius 3 is 2.52 bits per heavy atom. The fourth-order valence-electron chi connectivity index (χ4n) is 2.84. The second kappa shape index (κ2) is 6.63. The second-order valence-electron chi connectivity index (χ2n) is 5.28. The smallest absolute Gasteiger partial charge is 0.127 e. The fourth-order valence-corrected chi connectivity index (χ4v) is 3.39. The van der Waals surface area contributed by atoms with Crippen LogP contribution in [0.1, 0.15) is 40.8 Å². The molecule has 0 heterocycles. The van der Waals surface area contributed by atoms with E-state index in [4.69, 9.17) is 10.5 Å². The van der Waals surface area contributed by atoms with Crippen LogP contribution in [0, 0.1) is 13.8 Å². The third-order valence-corrected chi connectivity index (χ3v) is 4.82. The molecule has 2 rings (SSSR count). The molecule has 1 unspecified atom stereocenters. The van der Waals surface area contributed by atoms with E-state index in [9.17, 15) is 0 Å². The van der Waals surface area contributed by atoms with Crippen molar-refractivity contribution in [1.82, 2.24) is 0 Å². The number of benzene rings is 2. The van der Waals surface area contributed by atoms with E-state index in [0.29, 0.717) is 0 Å². The Hall–Kier alpha value is -1.32. The molecule has 0 aliphatic rings. The van der Waals surface area contributed by atoms with E-state index in [2.05, 4.69) is 54.0 Å². The summed E-state index contributed by atoms with van der Waals surface area (Å²) in [6.07, 6.45) is 0.970. The predicted octanol–water partition coefficient (Wildman–Crippen LogP) is 4.69. The molecule has 2 aromatic rings. The standard InChI is InChI=1S/C18H22BrNO/c1-5-13-8-6-7-9-14(13)17(20)16-12(3)15(19)10-11(2)18(16)21-4/h6-10,17H,5,20H2,1-4H3. The lowest BCUT2D eigenvalue weighted by Crippen LogP contribution is -2.17. The molecule has 0 radical (unpaired) electrons. The van der Waals surface area contributed by atoms with Gasteiger partial charge in [-0.15, -0.1) is 0 Å². The molecule has 0 aromatic heterocycles. The molecule has 2 aromatic carbocycles. The Morgan fingerprint density at radius 2 is 1.90 bits per heavy atom. The van der Waals surface area contributed by atoms with Gasteiger partial charge in [0.15, 0.2) is 0 Å². The highest BCUT2D eigenvalue weighted by Gasteiger charge is 2.21. The summed E-state index contributed by atoms with van der Waals surface area (Å²) in [5.41, 5.74) is 12.3. The van der Waals surface area contributed by atoms with Crippen LogP contribution < -0.4 is 10.5 Å². The number of ether oxygens (including phenoxy) is 1. The van der Waals surface area contributed by atoms with Gasteiger partial charge in [0, 0.05) is 10.0 Å². The van der Waals surface area contributed by atoms with Gasteiger partial charge in [-0.1, -0.05) is 47.1 Å². The van der Waals surface area contributed by atoms with Crippen molar-refractivity contribution in [3.8, 4) is 5.75 Å². The molecule has 0 fully saturated rings. The largest absolute Gasteiger partial charge is 0.496 e. The molecule has 0 aliphatic heterocycles. The molecular formula is C18H22BrNO. The molecule has 0 spiro atoms. The maximum absolute atomic E-state index is 6.61. The lowest BCUT2D eigenvalue weighted by molar-refractivity contribution is 0.404. The zero-order valence-electron chi connectivity index (χ0n) is 13.0. The predicted molar refractivity (Wildman–Crippen MR) is 92.0 cm³/mol. The van der Waals surface area contributed by atoms with Crippen LogP contribution in [0.2, 0.25) is 0 Å². The number of rotatable bonds is 4. The maximum atomic E-state index is 6.61. The van der Waals surface area contributed by atoms with Crippen molar-refractivity contribution >= 4 is 15.9 Å². The molecule has 0 saturated carbocycles. The summed E-state index contributed by atoms with van der Waals surface area (Å²) in [4.78, 5) is 0. The summed E-state index contributed by atoms with van der Waals surface area (Å²) < 4.78 is 6.70. The maximum Gasteiger partial charge on any atom is 0.127 e. The topological polar surface area (TPSA) is 35.2 Å². The van der Waals surface area contributed by atoms with Gasteiger partial charge in [0.25, 0.3) is 0 Å². The van der Waals surface area contributed by atoms with E-state index in [1.54, 1.807) is 7.11 Å². The molecule has 3 heteroatoms. The van der Waals surface area contributed by atoms with Crippen molar-refractivity contribution in [1.29, 1.82) is 0 Å². The minimum Gasteiger partial charge on any atom is -0.496 e. The highest BCUT2D eigenvalue weighted by atomic mass is 79.9. The van der Waals surface area contributed by atoms with Gasteiger partial charge in [-0.05, 0) is 48.6 Å². The molecule has 21 heavy (non-hydrogen) atoms. The SMILES string of the molecule is CCc1ccccc1C(N)c1c(C)c(Br)cc(C)c1OC.